The number of aromatic nitrogens is 2. The van der Waals surface area contributed by atoms with Gasteiger partial charge in [-0.1, -0.05) is 44.0 Å². The zero-order chi connectivity index (χ0) is 23.8. The fourth-order valence-corrected chi connectivity index (χ4v) is 3.79. The zero-order valence-corrected chi connectivity index (χ0v) is 20.8. The van der Waals surface area contributed by atoms with E-state index in [9.17, 15) is 5.26 Å². The number of anilines is 1. The van der Waals surface area contributed by atoms with Gasteiger partial charge in [0, 0.05) is 29.6 Å². The van der Waals surface area contributed by atoms with Crippen LogP contribution in [0, 0.1) is 18.3 Å². The number of aryl methyl sites for hydroxylation is 1. The first-order chi connectivity index (χ1) is 15.9. The van der Waals surface area contributed by atoms with E-state index in [1.165, 1.54) is 11.9 Å². The predicted molar refractivity (Wildman–Crippen MR) is 134 cm³/mol. The molecule has 172 valence electrons. The number of benzene rings is 2. The molecule has 0 aliphatic heterocycles. The molecule has 1 N–H and O–H groups in total. The second-order valence-electron chi connectivity index (χ2n) is 7.98. The van der Waals surface area contributed by atoms with Crippen molar-refractivity contribution < 1.29 is 9.47 Å². The van der Waals surface area contributed by atoms with Gasteiger partial charge < -0.3 is 9.47 Å². The Morgan fingerprint density at radius 2 is 1.79 bits per heavy atom. The monoisotopic (exact) mass is 482 g/mol. The highest BCUT2D eigenvalue weighted by molar-refractivity contribution is 7.99. The number of alkyl halides is 1. The van der Waals surface area contributed by atoms with Crippen molar-refractivity contribution in [1.82, 2.24) is 9.97 Å². The lowest BCUT2D eigenvalue weighted by atomic mass is 9.77. The van der Waals surface area contributed by atoms with Gasteiger partial charge in [0.15, 0.2) is 0 Å². The predicted octanol–water partition coefficient (Wildman–Crippen LogP) is 5.87. The Balaban J connectivity index is 1.74. The molecule has 1 aromatic heterocycles. The van der Waals surface area contributed by atoms with Crippen molar-refractivity contribution in [3.63, 3.8) is 0 Å². The van der Waals surface area contributed by atoms with Crippen LogP contribution < -0.4 is 14.2 Å². The van der Waals surface area contributed by atoms with E-state index in [2.05, 4.69) is 52.8 Å². The van der Waals surface area contributed by atoms with Gasteiger partial charge >= 0.3 is 0 Å². The van der Waals surface area contributed by atoms with Crippen LogP contribution >= 0.6 is 23.5 Å². The molecule has 0 radical (unpaired) electrons. The van der Waals surface area contributed by atoms with Gasteiger partial charge in [0.1, 0.15) is 30.8 Å². The molecule has 3 aromatic rings. The van der Waals surface area contributed by atoms with Crippen molar-refractivity contribution in [2.24, 2.45) is 0 Å². The smallest absolute Gasteiger partial charge is 0.232 e. The van der Waals surface area contributed by atoms with Crippen molar-refractivity contribution in [3.8, 4) is 17.6 Å². The third-order valence-corrected chi connectivity index (χ3v) is 5.86. The van der Waals surface area contributed by atoms with E-state index in [0.717, 1.165) is 28.0 Å². The van der Waals surface area contributed by atoms with E-state index >= 15 is 0 Å². The lowest BCUT2D eigenvalue weighted by Gasteiger charge is -2.27. The van der Waals surface area contributed by atoms with Crippen LogP contribution in [0.3, 0.4) is 0 Å². The lowest BCUT2D eigenvalue weighted by Crippen LogP contribution is -2.19. The number of nitrogens with zero attached hydrogens (tertiary/aromatic N) is 3. The van der Waals surface area contributed by atoms with Crippen molar-refractivity contribution in [2.75, 3.05) is 23.5 Å². The molecular formula is C25H27ClN4O2S. The third kappa shape index (κ3) is 6.10. The van der Waals surface area contributed by atoms with Crippen molar-refractivity contribution in [2.45, 2.75) is 32.8 Å². The van der Waals surface area contributed by atoms with Crippen LogP contribution in [-0.4, -0.2) is 28.7 Å². The van der Waals surface area contributed by atoms with E-state index < -0.39 is 0 Å². The normalized spacial score (nSPS) is 11.0. The number of nitriles is 1. The Kier molecular flexibility index (Phi) is 8.43. The van der Waals surface area contributed by atoms with Crippen LogP contribution in [0.4, 0.5) is 5.95 Å². The van der Waals surface area contributed by atoms with Gasteiger partial charge in [-0.3, -0.25) is 4.72 Å². The lowest BCUT2D eigenvalue weighted by molar-refractivity contribution is 0.305. The molecule has 0 bridgehead atoms. The molecule has 0 fully saturated rings. The fourth-order valence-electron chi connectivity index (χ4n) is 3.42. The summed E-state index contributed by atoms with van der Waals surface area (Å²) in [4.78, 5) is 8.49. The van der Waals surface area contributed by atoms with E-state index in [1.54, 1.807) is 12.4 Å². The summed E-state index contributed by atoms with van der Waals surface area (Å²) in [7, 11) is 0. The van der Waals surface area contributed by atoms with Gasteiger partial charge in [-0.25, -0.2) is 9.97 Å². The molecule has 1 heterocycles. The minimum Gasteiger partial charge on any atom is -0.491 e. The summed E-state index contributed by atoms with van der Waals surface area (Å²) in [5.41, 5.74) is 4.17. The second kappa shape index (κ2) is 11.3. The number of hydrogen-bond donors (Lipinski definition) is 1. The van der Waals surface area contributed by atoms with E-state index in [-0.39, 0.29) is 5.41 Å². The summed E-state index contributed by atoms with van der Waals surface area (Å²) in [6.45, 7) is 6.98. The molecule has 0 atom stereocenters. The van der Waals surface area contributed by atoms with Gasteiger partial charge in [0.25, 0.3) is 0 Å². The molecule has 0 spiro atoms. The highest BCUT2D eigenvalue weighted by Crippen LogP contribution is 2.36. The summed E-state index contributed by atoms with van der Waals surface area (Å²) in [6.07, 6.45) is 5.42. The standard InChI is InChI=1S/C25H27ClN4O2S/c1-17-11-21(12-19(13-27)23(17)31-10-9-26)25(2,3)20-5-7-22(8-6-20)32-16-18-14-28-24(29-15-18)30-33-4/h5-8,11-12,14-15H,9-10,16H2,1-4H3,(H,28,29,30). The molecule has 0 aliphatic carbocycles. The molecule has 3 rings (SSSR count). The highest BCUT2D eigenvalue weighted by atomic mass is 35.5. The third-order valence-electron chi connectivity index (χ3n) is 5.32. The van der Waals surface area contributed by atoms with Crippen LogP contribution in [0.2, 0.25) is 0 Å². The van der Waals surface area contributed by atoms with Crippen LogP contribution in [0.25, 0.3) is 0 Å². The quantitative estimate of drug-likeness (QED) is 0.286. The van der Waals surface area contributed by atoms with Crippen LogP contribution in [0.15, 0.2) is 48.8 Å². The molecule has 0 saturated carbocycles. The maximum atomic E-state index is 9.64. The largest absolute Gasteiger partial charge is 0.491 e. The molecule has 33 heavy (non-hydrogen) atoms. The number of ether oxygens (including phenoxy) is 2. The Bertz CT molecular complexity index is 1110. The SMILES string of the molecule is CSNc1ncc(COc2ccc(C(C)(C)c3cc(C)c(OCCCl)c(C#N)c3)cc2)cn1. The molecule has 0 saturated heterocycles. The van der Waals surface area contributed by atoms with Crippen LogP contribution in [-0.2, 0) is 12.0 Å². The van der Waals surface area contributed by atoms with Crippen molar-refractivity contribution in [1.29, 1.82) is 5.26 Å². The summed E-state index contributed by atoms with van der Waals surface area (Å²) in [6, 6.07) is 14.2. The summed E-state index contributed by atoms with van der Waals surface area (Å²) < 4.78 is 14.6. The van der Waals surface area contributed by atoms with Gasteiger partial charge in [-0.15, -0.1) is 11.6 Å². The Labute approximate surface area is 204 Å². The van der Waals surface area contributed by atoms with E-state index in [1.807, 2.05) is 31.4 Å². The maximum Gasteiger partial charge on any atom is 0.232 e. The number of rotatable bonds is 10. The molecule has 2 aromatic carbocycles. The molecular weight excluding hydrogens is 456 g/mol. The molecule has 6 nitrogen and oxygen atoms in total. The van der Waals surface area contributed by atoms with E-state index in [0.29, 0.717) is 36.4 Å². The Hall–Kier alpha value is -2.95. The minimum absolute atomic E-state index is 0.312. The van der Waals surface area contributed by atoms with Gasteiger partial charge in [0.2, 0.25) is 5.95 Å². The van der Waals surface area contributed by atoms with Gasteiger partial charge in [0.05, 0.1) is 11.4 Å². The molecule has 0 amide bonds. The first kappa shape index (κ1) is 24.7. The molecule has 8 heteroatoms. The number of halogens is 1. The highest BCUT2D eigenvalue weighted by Gasteiger charge is 2.25. The number of hydrogen-bond acceptors (Lipinski definition) is 7. The zero-order valence-electron chi connectivity index (χ0n) is 19.2. The van der Waals surface area contributed by atoms with Gasteiger partial charge in [-0.2, -0.15) is 5.26 Å². The average Bonchev–Trinajstić information content (AvgIpc) is 2.83. The van der Waals surface area contributed by atoms with Crippen molar-refractivity contribution in [3.05, 3.63) is 76.6 Å². The van der Waals surface area contributed by atoms with Crippen LogP contribution in [0.5, 0.6) is 11.5 Å². The second-order valence-corrected chi connectivity index (χ2v) is 8.97. The fraction of sp³-hybridized carbons (Fsp3) is 0.320. The average molecular weight is 483 g/mol. The topological polar surface area (TPSA) is 80.1 Å². The van der Waals surface area contributed by atoms with Crippen LogP contribution in [0.1, 0.15) is 41.7 Å². The number of nitrogens with one attached hydrogen (secondary N) is 1. The Morgan fingerprint density at radius 3 is 2.39 bits per heavy atom. The molecule has 0 aliphatic rings. The molecule has 0 unspecified atom stereocenters. The van der Waals surface area contributed by atoms with Gasteiger partial charge in [-0.05, 0) is 41.8 Å². The first-order valence-electron chi connectivity index (χ1n) is 10.5. The summed E-state index contributed by atoms with van der Waals surface area (Å²) >= 11 is 7.19. The first-order valence-corrected chi connectivity index (χ1v) is 12.2. The summed E-state index contributed by atoms with van der Waals surface area (Å²) in [5, 5.41) is 9.64. The summed E-state index contributed by atoms with van der Waals surface area (Å²) in [5.74, 6) is 2.31. The van der Waals surface area contributed by atoms with Crippen molar-refractivity contribution >= 4 is 29.5 Å². The van der Waals surface area contributed by atoms with E-state index in [4.69, 9.17) is 21.1 Å². The minimum atomic E-state index is -0.312. The maximum absolute atomic E-state index is 9.64. The Morgan fingerprint density at radius 1 is 1.09 bits per heavy atom.